The van der Waals surface area contributed by atoms with E-state index in [1.165, 1.54) is 19.3 Å². The zero-order valence-electron chi connectivity index (χ0n) is 9.02. The molecule has 0 radical (unpaired) electrons. The zero-order valence-corrected chi connectivity index (χ0v) is 9.83. The van der Waals surface area contributed by atoms with Crippen LogP contribution in [0.2, 0.25) is 0 Å². The minimum atomic E-state index is 0.655. The van der Waals surface area contributed by atoms with Gasteiger partial charge in [0.15, 0.2) is 0 Å². The van der Waals surface area contributed by atoms with E-state index >= 15 is 0 Å². The van der Waals surface area contributed by atoms with Crippen molar-refractivity contribution in [1.29, 1.82) is 0 Å². The first kappa shape index (κ1) is 10.9. The van der Waals surface area contributed by atoms with E-state index in [2.05, 4.69) is 21.5 Å². The van der Waals surface area contributed by atoms with Crippen molar-refractivity contribution < 1.29 is 0 Å². The maximum Gasteiger partial charge on any atom is 0.0724 e. The Bertz CT molecular complexity index is 291. The molecule has 2 rings (SSSR count). The Morgan fingerprint density at radius 2 is 2.40 bits per heavy atom. The summed E-state index contributed by atoms with van der Waals surface area (Å²) in [6.45, 7) is 0.843. The summed E-state index contributed by atoms with van der Waals surface area (Å²) in [4.78, 5) is 8.32. The minimum absolute atomic E-state index is 0.655. The predicted octanol–water partition coefficient (Wildman–Crippen LogP) is 1.85. The first-order chi connectivity index (χ1) is 7.40. The highest BCUT2D eigenvalue weighted by atomic mass is 32.2. The number of aromatic nitrogens is 2. The molecule has 0 saturated heterocycles. The molecule has 1 aliphatic rings. The number of nitrogens with zero attached hydrogens (tertiary/aromatic N) is 2. The van der Waals surface area contributed by atoms with Crippen LogP contribution in [-0.4, -0.2) is 27.5 Å². The van der Waals surface area contributed by atoms with Crippen LogP contribution in [0.3, 0.4) is 0 Å². The second-order valence-electron chi connectivity index (χ2n) is 3.89. The quantitative estimate of drug-likeness (QED) is 0.845. The maximum absolute atomic E-state index is 4.26. The van der Waals surface area contributed by atoms with Crippen LogP contribution in [0.15, 0.2) is 18.6 Å². The van der Waals surface area contributed by atoms with E-state index < -0.39 is 0 Å². The molecule has 2 unspecified atom stereocenters. The van der Waals surface area contributed by atoms with Crippen molar-refractivity contribution in [2.75, 3.05) is 6.26 Å². The van der Waals surface area contributed by atoms with Gasteiger partial charge in [-0.2, -0.15) is 11.8 Å². The molecule has 1 saturated carbocycles. The second kappa shape index (κ2) is 5.47. The topological polar surface area (TPSA) is 37.8 Å². The number of hydrogen-bond donors (Lipinski definition) is 1. The number of thioether (sulfide) groups is 1. The lowest BCUT2D eigenvalue weighted by molar-refractivity contribution is 0.526. The molecule has 15 heavy (non-hydrogen) atoms. The smallest absolute Gasteiger partial charge is 0.0724 e. The van der Waals surface area contributed by atoms with Crippen molar-refractivity contribution >= 4 is 11.8 Å². The van der Waals surface area contributed by atoms with Crippen molar-refractivity contribution in [2.24, 2.45) is 0 Å². The van der Waals surface area contributed by atoms with Gasteiger partial charge in [-0.15, -0.1) is 0 Å². The van der Waals surface area contributed by atoms with Gasteiger partial charge >= 0.3 is 0 Å². The highest BCUT2D eigenvalue weighted by Gasteiger charge is 2.25. The van der Waals surface area contributed by atoms with Gasteiger partial charge in [-0.25, -0.2) is 0 Å². The van der Waals surface area contributed by atoms with Gasteiger partial charge in [0.1, 0.15) is 0 Å². The number of nitrogens with one attached hydrogen (secondary N) is 1. The summed E-state index contributed by atoms with van der Waals surface area (Å²) in [6, 6.07) is 0.655. The molecule has 0 aliphatic heterocycles. The summed E-state index contributed by atoms with van der Waals surface area (Å²) in [5.41, 5.74) is 1.03. The predicted molar refractivity (Wildman–Crippen MR) is 63.8 cm³/mol. The third-order valence-corrected chi connectivity index (χ3v) is 4.09. The zero-order chi connectivity index (χ0) is 10.5. The van der Waals surface area contributed by atoms with Crippen LogP contribution >= 0.6 is 11.8 Å². The summed E-state index contributed by atoms with van der Waals surface area (Å²) in [7, 11) is 0. The molecular formula is C11H17N3S. The van der Waals surface area contributed by atoms with Gasteiger partial charge < -0.3 is 5.32 Å². The molecule has 1 aromatic heterocycles. The molecule has 1 heterocycles. The molecule has 1 fully saturated rings. The molecule has 82 valence electrons. The molecule has 1 aromatic rings. The number of hydrogen-bond acceptors (Lipinski definition) is 4. The molecule has 0 bridgehead atoms. The Morgan fingerprint density at radius 1 is 1.47 bits per heavy atom. The van der Waals surface area contributed by atoms with Crippen LogP contribution < -0.4 is 5.32 Å². The van der Waals surface area contributed by atoms with E-state index in [9.17, 15) is 0 Å². The molecule has 0 spiro atoms. The van der Waals surface area contributed by atoms with E-state index in [1.807, 2.05) is 18.0 Å². The molecule has 1 aliphatic carbocycles. The maximum atomic E-state index is 4.26. The third kappa shape index (κ3) is 2.92. The van der Waals surface area contributed by atoms with Crippen LogP contribution in [0, 0.1) is 0 Å². The lowest BCUT2D eigenvalue weighted by Gasteiger charge is -2.18. The Kier molecular flexibility index (Phi) is 3.97. The minimum Gasteiger partial charge on any atom is -0.307 e. The van der Waals surface area contributed by atoms with Crippen LogP contribution in [0.1, 0.15) is 25.0 Å². The van der Waals surface area contributed by atoms with Crippen molar-refractivity contribution in [3.63, 3.8) is 0 Å². The highest BCUT2D eigenvalue weighted by molar-refractivity contribution is 7.99. The largest absolute Gasteiger partial charge is 0.307 e. The summed E-state index contributed by atoms with van der Waals surface area (Å²) >= 11 is 1.98. The van der Waals surface area contributed by atoms with Crippen molar-refractivity contribution in [1.82, 2.24) is 15.3 Å². The summed E-state index contributed by atoms with van der Waals surface area (Å²) in [6.07, 6.45) is 11.5. The standard InChI is InChI=1S/C11H17N3S/c1-15-11-4-2-3-10(11)14-8-9-7-12-5-6-13-9/h5-7,10-11,14H,2-4,8H2,1H3. The van der Waals surface area contributed by atoms with E-state index in [0.717, 1.165) is 17.5 Å². The van der Waals surface area contributed by atoms with Gasteiger partial charge in [0.25, 0.3) is 0 Å². The fourth-order valence-corrected chi connectivity index (χ4v) is 3.06. The molecule has 0 amide bonds. The van der Waals surface area contributed by atoms with E-state index in [0.29, 0.717) is 6.04 Å². The van der Waals surface area contributed by atoms with Crippen LogP contribution in [0.5, 0.6) is 0 Å². The monoisotopic (exact) mass is 223 g/mol. The molecule has 2 atom stereocenters. The van der Waals surface area contributed by atoms with Crippen LogP contribution in [0.25, 0.3) is 0 Å². The van der Waals surface area contributed by atoms with E-state index in [-0.39, 0.29) is 0 Å². The SMILES string of the molecule is CSC1CCCC1NCc1cnccn1. The summed E-state index contributed by atoms with van der Waals surface area (Å²) in [5.74, 6) is 0. The van der Waals surface area contributed by atoms with E-state index in [1.54, 1.807) is 12.4 Å². The van der Waals surface area contributed by atoms with E-state index in [4.69, 9.17) is 0 Å². The third-order valence-electron chi connectivity index (χ3n) is 2.92. The van der Waals surface area contributed by atoms with Gasteiger partial charge in [0, 0.05) is 36.4 Å². The number of rotatable bonds is 4. The molecular weight excluding hydrogens is 206 g/mol. The van der Waals surface area contributed by atoms with Crippen molar-refractivity contribution in [3.05, 3.63) is 24.3 Å². The Morgan fingerprint density at radius 3 is 3.13 bits per heavy atom. The van der Waals surface area contributed by atoms with Gasteiger partial charge in [-0.1, -0.05) is 6.42 Å². The van der Waals surface area contributed by atoms with Gasteiger partial charge in [0.05, 0.1) is 5.69 Å². The van der Waals surface area contributed by atoms with Crippen LogP contribution in [0.4, 0.5) is 0 Å². The average Bonchev–Trinajstić information content (AvgIpc) is 2.75. The first-order valence-electron chi connectivity index (χ1n) is 5.41. The van der Waals surface area contributed by atoms with Gasteiger partial charge in [-0.3, -0.25) is 9.97 Å². The Balaban J connectivity index is 1.83. The summed E-state index contributed by atoms with van der Waals surface area (Å²) in [5, 5.41) is 4.35. The normalized spacial score (nSPS) is 25.7. The molecule has 1 N–H and O–H groups in total. The molecule has 0 aromatic carbocycles. The average molecular weight is 223 g/mol. The van der Waals surface area contributed by atoms with Gasteiger partial charge in [-0.05, 0) is 19.1 Å². The Labute approximate surface area is 95.1 Å². The lowest BCUT2D eigenvalue weighted by Crippen LogP contribution is -2.33. The molecule has 4 heteroatoms. The fourth-order valence-electron chi connectivity index (χ4n) is 2.10. The Hall–Kier alpha value is -0.610. The van der Waals surface area contributed by atoms with Crippen molar-refractivity contribution in [3.8, 4) is 0 Å². The van der Waals surface area contributed by atoms with Crippen LogP contribution in [-0.2, 0) is 6.54 Å². The summed E-state index contributed by atoms with van der Waals surface area (Å²) < 4.78 is 0. The highest BCUT2D eigenvalue weighted by Crippen LogP contribution is 2.28. The van der Waals surface area contributed by atoms with Gasteiger partial charge in [0.2, 0.25) is 0 Å². The fraction of sp³-hybridized carbons (Fsp3) is 0.636. The lowest BCUT2D eigenvalue weighted by atomic mass is 10.2. The first-order valence-corrected chi connectivity index (χ1v) is 6.70. The van der Waals surface area contributed by atoms with Crippen molar-refractivity contribution in [2.45, 2.75) is 37.1 Å². The second-order valence-corrected chi connectivity index (χ2v) is 4.97. The molecule has 3 nitrogen and oxygen atoms in total.